The summed E-state index contributed by atoms with van der Waals surface area (Å²) in [6.45, 7) is 6.34. The lowest BCUT2D eigenvalue weighted by Gasteiger charge is -2.02. The molecule has 0 saturated carbocycles. The number of nitrogens with two attached hydrogens (primary N) is 1. The predicted molar refractivity (Wildman–Crippen MR) is 74.6 cm³/mol. The van der Waals surface area contributed by atoms with Crippen LogP contribution in [0.3, 0.4) is 0 Å². The van der Waals surface area contributed by atoms with Crippen molar-refractivity contribution in [2.24, 2.45) is 15.7 Å². The van der Waals surface area contributed by atoms with Crippen molar-refractivity contribution < 1.29 is 4.39 Å². The van der Waals surface area contributed by atoms with Gasteiger partial charge in [0.15, 0.2) is 0 Å². The van der Waals surface area contributed by atoms with Crippen molar-refractivity contribution in [3.8, 4) is 0 Å². The van der Waals surface area contributed by atoms with Crippen LogP contribution in [0.15, 0.2) is 40.0 Å². The number of nitrogens with zero attached hydrogens (tertiary/aromatic N) is 2. The molecule has 0 aliphatic carbocycles. The number of benzene rings is 1. The normalized spacial score (nSPS) is 12.1. The van der Waals surface area contributed by atoms with Gasteiger partial charge in [-0.05, 0) is 55.4 Å². The molecule has 0 fully saturated rings. The Morgan fingerprint density at radius 2 is 2.28 bits per heavy atom. The molecule has 0 saturated heterocycles. The van der Waals surface area contributed by atoms with Crippen LogP contribution in [0, 0.1) is 12.7 Å². The molecule has 0 aliphatic rings. The number of halogens is 1. The summed E-state index contributed by atoms with van der Waals surface area (Å²) < 4.78 is 12.9. The lowest BCUT2D eigenvalue weighted by molar-refractivity contribution is 0.625. The van der Waals surface area contributed by atoms with Gasteiger partial charge >= 0.3 is 0 Å². The molecule has 0 amide bonds. The van der Waals surface area contributed by atoms with E-state index in [0.29, 0.717) is 19.5 Å². The van der Waals surface area contributed by atoms with E-state index in [1.807, 2.05) is 6.92 Å². The van der Waals surface area contributed by atoms with Crippen LogP contribution in [0.25, 0.3) is 0 Å². The number of hydrogen-bond acceptors (Lipinski definition) is 3. The first kappa shape index (κ1) is 14.3. The third kappa shape index (κ3) is 4.59. The zero-order chi connectivity index (χ0) is 13.4. The van der Waals surface area contributed by atoms with Gasteiger partial charge in [-0.25, -0.2) is 4.39 Å². The minimum Gasteiger partial charge on any atom is -0.330 e. The zero-order valence-corrected chi connectivity index (χ0v) is 10.6. The molecule has 3 nitrogen and oxygen atoms in total. The highest BCUT2D eigenvalue weighted by atomic mass is 19.1. The van der Waals surface area contributed by atoms with Crippen LogP contribution in [-0.2, 0) is 6.54 Å². The summed E-state index contributed by atoms with van der Waals surface area (Å²) in [7, 11) is 0. The van der Waals surface area contributed by atoms with Gasteiger partial charge < -0.3 is 5.73 Å². The van der Waals surface area contributed by atoms with Crippen molar-refractivity contribution in [3.63, 3.8) is 0 Å². The number of rotatable bonds is 6. The minimum absolute atomic E-state index is 0.222. The molecule has 1 aromatic rings. The monoisotopic (exact) mass is 247 g/mol. The van der Waals surface area contributed by atoms with E-state index < -0.39 is 0 Å². The average molecular weight is 247 g/mol. The van der Waals surface area contributed by atoms with E-state index in [1.165, 1.54) is 12.1 Å². The molecule has 2 N–H and O–H groups in total. The molecular formula is C14H18FN3. The predicted octanol–water partition coefficient (Wildman–Crippen LogP) is 2.64. The Bertz CT molecular complexity index is 464. The summed E-state index contributed by atoms with van der Waals surface area (Å²) >= 11 is 0. The third-order valence-electron chi connectivity index (χ3n) is 2.51. The summed E-state index contributed by atoms with van der Waals surface area (Å²) in [5, 5.41) is 0. The maximum Gasteiger partial charge on any atom is 0.123 e. The Morgan fingerprint density at radius 1 is 1.50 bits per heavy atom. The fourth-order valence-electron chi connectivity index (χ4n) is 1.54. The van der Waals surface area contributed by atoms with Crippen LogP contribution in [0.1, 0.15) is 17.5 Å². The molecule has 4 heteroatoms. The number of aliphatic imine (C=N–C) groups is 2. The second-order valence-electron chi connectivity index (χ2n) is 3.97. The van der Waals surface area contributed by atoms with Crippen molar-refractivity contribution in [2.75, 3.05) is 6.54 Å². The first-order valence-corrected chi connectivity index (χ1v) is 5.77. The van der Waals surface area contributed by atoms with Crippen LogP contribution in [0.5, 0.6) is 0 Å². The summed E-state index contributed by atoms with van der Waals surface area (Å²) in [6.07, 6.45) is 4.10. The maximum atomic E-state index is 12.9. The first-order chi connectivity index (χ1) is 8.67. The lowest BCUT2D eigenvalue weighted by atomic mass is 10.1. The van der Waals surface area contributed by atoms with Crippen LogP contribution >= 0.6 is 0 Å². The largest absolute Gasteiger partial charge is 0.330 e. The van der Waals surface area contributed by atoms with Gasteiger partial charge in [0, 0.05) is 12.4 Å². The molecule has 0 bridgehead atoms. The van der Waals surface area contributed by atoms with Gasteiger partial charge in [-0.15, -0.1) is 0 Å². The summed E-state index contributed by atoms with van der Waals surface area (Å²) in [5.74, 6) is -0.222. The second-order valence-corrected chi connectivity index (χ2v) is 3.97. The molecule has 0 aromatic heterocycles. The van der Waals surface area contributed by atoms with E-state index in [0.717, 1.165) is 16.7 Å². The van der Waals surface area contributed by atoms with Gasteiger partial charge in [0.25, 0.3) is 0 Å². The average Bonchev–Trinajstić information content (AvgIpc) is 2.32. The summed E-state index contributed by atoms with van der Waals surface area (Å²) in [4.78, 5) is 8.01. The number of aryl methyl sites for hydroxylation is 1. The Labute approximate surface area is 107 Å². The van der Waals surface area contributed by atoms with Crippen molar-refractivity contribution >= 4 is 12.9 Å². The van der Waals surface area contributed by atoms with E-state index in [-0.39, 0.29) is 5.82 Å². The van der Waals surface area contributed by atoms with Crippen molar-refractivity contribution in [2.45, 2.75) is 19.9 Å². The first-order valence-electron chi connectivity index (χ1n) is 5.77. The topological polar surface area (TPSA) is 50.7 Å². The van der Waals surface area contributed by atoms with Gasteiger partial charge in [-0.3, -0.25) is 9.98 Å². The molecule has 0 heterocycles. The molecule has 18 heavy (non-hydrogen) atoms. The molecular weight excluding hydrogens is 229 g/mol. The molecule has 1 aromatic carbocycles. The highest BCUT2D eigenvalue weighted by Crippen LogP contribution is 2.11. The van der Waals surface area contributed by atoms with E-state index in [4.69, 9.17) is 5.73 Å². The fraction of sp³-hybridized carbons (Fsp3) is 0.286. The van der Waals surface area contributed by atoms with Crippen LogP contribution < -0.4 is 5.73 Å². The maximum absolute atomic E-state index is 12.9. The minimum atomic E-state index is -0.222. The van der Waals surface area contributed by atoms with Gasteiger partial charge in [0.1, 0.15) is 5.82 Å². The number of hydrogen-bond donors (Lipinski definition) is 1. The molecule has 0 atom stereocenters. The van der Waals surface area contributed by atoms with Crippen LogP contribution in [0.2, 0.25) is 0 Å². The lowest BCUT2D eigenvalue weighted by Crippen LogP contribution is -2.01. The Kier molecular flexibility index (Phi) is 5.94. The van der Waals surface area contributed by atoms with Crippen LogP contribution in [0.4, 0.5) is 4.39 Å². The molecule has 96 valence electrons. The Hall–Kier alpha value is -1.81. The molecule has 0 spiro atoms. The van der Waals surface area contributed by atoms with Crippen molar-refractivity contribution in [3.05, 3.63) is 46.9 Å². The molecule has 1 rings (SSSR count). The summed E-state index contributed by atoms with van der Waals surface area (Å²) in [6, 6.07) is 4.70. The van der Waals surface area contributed by atoms with E-state index in [2.05, 4.69) is 16.7 Å². The van der Waals surface area contributed by atoms with Gasteiger partial charge in [0.2, 0.25) is 0 Å². The highest BCUT2D eigenvalue weighted by molar-refractivity contribution is 5.78. The smallest absolute Gasteiger partial charge is 0.123 e. The SMILES string of the molecule is C=N/C=C(\C=N/Cc1ccc(F)cc1C)CCN. The van der Waals surface area contributed by atoms with Crippen molar-refractivity contribution in [1.82, 2.24) is 0 Å². The van der Waals surface area contributed by atoms with Crippen LogP contribution in [-0.4, -0.2) is 19.5 Å². The van der Waals surface area contributed by atoms with E-state index in [1.54, 1.807) is 18.5 Å². The second kappa shape index (κ2) is 7.50. The zero-order valence-electron chi connectivity index (χ0n) is 10.6. The van der Waals surface area contributed by atoms with Gasteiger partial charge in [-0.1, -0.05) is 6.07 Å². The van der Waals surface area contributed by atoms with Crippen molar-refractivity contribution in [1.29, 1.82) is 0 Å². The molecule has 0 unspecified atom stereocenters. The van der Waals surface area contributed by atoms with E-state index >= 15 is 0 Å². The fourth-order valence-corrected chi connectivity index (χ4v) is 1.54. The van der Waals surface area contributed by atoms with Gasteiger partial charge in [0.05, 0.1) is 6.54 Å². The van der Waals surface area contributed by atoms with Gasteiger partial charge in [-0.2, -0.15) is 0 Å². The third-order valence-corrected chi connectivity index (χ3v) is 2.51. The summed E-state index contributed by atoms with van der Waals surface area (Å²) in [5.41, 5.74) is 8.32. The standard InChI is InChI=1S/C14H18FN3/c1-11-7-14(15)4-3-13(11)10-18-9-12(5-6-16)8-17-2/h3-4,7-9H,2,5-6,10,16H2,1H3/b12-8-,18-9-. The Morgan fingerprint density at radius 3 is 2.89 bits per heavy atom. The highest BCUT2D eigenvalue weighted by Gasteiger charge is 1.98. The van der Waals surface area contributed by atoms with E-state index in [9.17, 15) is 4.39 Å². The molecule has 0 radical (unpaired) electrons. The quantitative estimate of drug-likeness (QED) is 0.772. The molecule has 0 aliphatic heterocycles. The Balaban J connectivity index is 2.68.